The van der Waals surface area contributed by atoms with E-state index in [0.717, 1.165) is 36.4 Å². The molecule has 2 aliphatic rings. The highest BCUT2D eigenvalue weighted by molar-refractivity contribution is 5.81. The van der Waals surface area contributed by atoms with Crippen LogP contribution in [0.2, 0.25) is 0 Å². The lowest BCUT2D eigenvalue weighted by molar-refractivity contribution is -0.141. The molecule has 26 heavy (non-hydrogen) atoms. The number of imidazole rings is 1. The molecule has 0 radical (unpaired) electrons. The van der Waals surface area contributed by atoms with Crippen molar-refractivity contribution in [2.45, 2.75) is 31.6 Å². The molecule has 0 N–H and O–H groups in total. The first-order valence-electron chi connectivity index (χ1n) is 9.28. The lowest BCUT2D eigenvalue weighted by Crippen LogP contribution is -2.49. The molecule has 0 spiro atoms. The Morgan fingerprint density at radius 2 is 1.92 bits per heavy atom. The van der Waals surface area contributed by atoms with Gasteiger partial charge in [0.05, 0.1) is 17.0 Å². The van der Waals surface area contributed by atoms with Crippen molar-refractivity contribution in [3.8, 4) is 0 Å². The summed E-state index contributed by atoms with van der Waals surface area (Å²) in [6, 6.07) is 7.97. The highest BCUT2D eigenvalue weighted by atomic mass is 19.3. The lowest BCUT2D eigenvalue weighted by atomic mass is 9.95. The van der Waals surface area contributed by atoms with Gasteiger partial charge in [0.2, 0.25) is 11.9 Å². The van der Waals surface area contributed by atoms with Crippen molar-refractivity contribution in [3.05, 3.63) is 24.3 Å². The van der Waals surface area contributed by atoms with Gasteiger partial charge in [-0.25, -0.2) is 13.8 Å². The van der Waals surface area contributed by atoms with Crippen LogP contribution in [0.15, 0.2) is 24.3 Å². The van der Waals surface area contributed by atoms with Crippen molar-refractivity contribution in [3.63, 3.8) is 0 Å². The molecule has 0 bridgehead atoms. The summed E-state index contributed by atoms with van der Waals surface area (Å²) in [5.41, 5.74) is 2.01. The molecule has 2 fully saturated rings. The first-order chi connectivity index (χ1) is 12.4. The number of carbonyl (C=O) groups is 1. The SMILES string of the molecule is Cn1c(N2CCCC(C(=O)N3CCC(F)(F)CC3)C2)nc2ccccc21. The number of fused-ring (bicyclic) bond motifs is 1. The summed E-state index contributed by atoms with van der Waals surface area (Å²) in [6.07, 6.45) is 1.27. The van der Waals surface area contributed by atoms with E-state index in [-0.39, 0.29) is 37.8 Å². The van der Waals surface area contributed by atoms with Crippen LogP contribution in [0.4, 0.5) is 14.7 Å². The van der Waals surface area contributed by atoms with Crippen LogP contribution in [-0.4, -0.2) is 52.5 Å². The second-order valence-electron chi connectivity index (χ2n) is 7.43. The minimum absolute atomic E-state index is 0.0176. The third kappa shape index (κ3) is 3.15. The van der Waals surface area contributed by atoms with E-state index in [1.807, 2.05) is 31.3 Å². The van der Waals surface area contributed by atoms with Crippen molar-refractivity contribution in [2.24, 2.45) is 13.0 Å². The zero-order chi connectivity index (χ0) is 18.3. The first-order valence-corrected chi connectivity index (χ1v) is 9.28. The predicted molar refractivity (Wildman–Crippen MR) is 96.4 cm³/mol. The second-order valence-corrected chi connectivity index (χ2v) is 7.43. The molecule has 1 aromatic carbocycles. The Balaban J connectivity index is 1.49. The molecule has 0 aliphatic carbocycles. The third-order valence-electron chi connectivity index (χ3n) is 5.62. The summed E-state index contributed by atoms with van der Waals surface area (Å²) in [5.74, 6) is -1.88. The minimum Gasteiger partial charge on any atom is -0.342 e. The fourth-order valence-corrected chi connectivity index (χ4v) is 4.09. The molecule has 1 aromatic heterocycles. The van der Waals surface area contributed by atoms with E-state index in [2.05, 4.69) is 9.47 Å². The fraction of sp³-hybridized carbons (Fsp3) is 0.579. The molecular weight excluding hydrogens is 338 g/mol. The van der Waals surface area contributed by atoms with Crippen molar-refractivity contribution in [2.75, 3.05) is 31.1 Å². The number of benzene rings is 1. The van der Waals surface area contributed by atoms with Crippen LogP contribution in [0.3, 0.4) is 0 Å². The predicted octanol–water partition coefficient (Wildman–Crippen LogP) is 3.05. The number of alkyl halides is 2. The summed E-state index contributed by atoms with van der Waals surface area (Å²) >= 11 is 0. The topological polar surface area (TPSA) is 41.4 Å². The van der Waals surface area contributed by atoms with E-state index in [4.69, 9.17) is 4.98 Å². The standard InChI is InChI=1S/C19H24F2N4O/c1-23-16-7-3-2-6-15(16)22-18(23)25-10-4-5-14(13-25)17(26)24-11-8-19(20,21)9-12-24/h2-3,6-7,14H,4-5,8-13H2,1H3. The molecule has 1 atom stereocenters. The van der Waals surface area contributed by atoms with Crippen LogP contribution in [0, 0.1) is 5.92 Å². The van der Waals surface area contributed by atoms with Crippen LogP contribution in [0.1, 0.15) is 25.7 Å². The average Bonchev–Trinajstić information content (AvgIpc) is 2.98. The van der Waals surface area contributed by atoms with Crippen molar-refractivity contribution >= 4 is 22.9 Å². The third-order valence-corrected chi connectivity index (χ3v) is 5.62. The molecule has 4 rings (SSSR count). The van der Waals surface area contributed by atoms with Crippen molar-refractivity contribution in [1.82, 2.24) is 14.5 Å². The number of hydrogen-bond acceptors (Lipinski definition) is 3. The Morgan fingerprint density at radius 1 is 1.19 bits per heavy atom. The van der Waals surface area contributed by atoms with Crippen LogP contribution in [0.5, 0.6) is 0 Å². The van der Waals surface area contributed by atoms with E-state index in [1.165, 1.54) is 0 Å². The van der Waals surface area contributed by atoms with Gasteiger partial charge in [-0.05, 0) is 25.0 Å². The second kappa shape index (κ2) is 6.52. The molecule has 140 valence electrons. The van der Waals surface area contributed by atoms with Gasteiger partial charge in [-0.2, -0.15) is 0 Å². The van der Waals surface area contributed by atoms with Gasteiger partial charge in [0, 0.05) is 46.1 Å². The summed E-state index contributed by atoms with van der Waals surface area (Å²) in [4.78, 5) is 21.3. The molecule has 5 nitrogen and oxygen atoms in total. The highest BCUT2D eigenvalue weighted by Gasteiger charge is 2.38. The maximum Gasteiger partial charge on any atom is 0.251 e. The smallest absolute Gasteiger partial charge is 0.251 e. The maximum atomic E-state index is 13.4. The van der Waals surface area contributed by atoms with Crippen molar-refractivity contribution < 1.29 is 13.6 Å². The Kier molecular flexibility index (Phi) is 4.32. The number of aryl methyl sites for hydroxylation is 1. The number of rotatable bonds is 2. The zero-order valence-corrected chi connectivity index (χ0v) is 15.0. The summed E-state index contributed by atoms with van der Waals surface area (Å²) in [7, 11) is 1.99. The van der Waals surface area contributed by atoms with E-state index in [9.17, 15) is 13.6 Å². The van der Waals surface area contributed by atoms with Gasteiger partial charge in [0.1, 0.15) is 0 Å². The largest absolute Gasteiger partial charge is 0.342 e. The summed E-state index contributed by atoms with van der Waals surface area (Å²) < 4.78 is 28.8. The molecule has 2 aliphatic heterocycles. The molecule has 2 aromatic rings. The molecule has 2 saturated heterocycles. The molecular formula is C19H24F2N4O. The molecule has 7 heteroatoms. The number of anilines is 1. The van der Waals surface area contributed by atoms with E-state index >= 15 is 0 Å². The lowest BCUT2D eigenvalue weighted by Gasteiger charge is -2.38. The molecule has 1 unspecified atom stereocenters. The van der Waals surface area contributed by atoms with Crippen LogP contribution in [-0.2, 0) is 11.8 Å². The Hall–Kier alpha value is -2.18. The van der Waals surface area contributed by atoms with Gasteiger partial charge in [0.25, 0.3) is 5.92 Å². The molecule has 3 heterocycles. The number of aromatic nitrogens is 2. The number of halogens is 2. The fourth-order valence-electron chi connectivity index (χ4n) is 4.09. The number of likely N-dealkylation sites (tertiary alicyclic amines) is 1. The van der Waals surface area contributed by atoms with Gasteiger partial charge in [-0.3, -0.25) is 4.79 Å². The van der Waals surface area contributed by atoms with Gasteiger partial charge in [0.15, 0.2) is 0 Å². The Bertz CT molecular complexity index is 809. The first kappa shape index (κ1) is 17.2. The normalized spacial score (nSPS) is 23.4. The molecule has 1 amide bonds. The highest BCUT2D eigenvalue weighted by Crippen LogP contribution is 2.31. The van der Waals surface area contributed by atoms with Gasteiger partial charge >= 0.3 is 0 Å². The number of para-hydroxylation sites is 2. The zero-order valence-electron chi connectivity index (χ0n) is 15.0. The van der Waals surface area contributed by atoms with Gasteiger partial charge in [-0.1, -0.05) is 12.1 Å². The average molecular weight is 362 g/mol. The molecule has 0 saturated carbocycles. The van der Waals surface area contributed by atoms with Crippen LogP contribution < -0.4 is 4.90 Å². The maximum absolute atomic E-state index is 13.4. The number of hydrogen-bond donors (Lipinski definition) is 0. The van der Waals surface area contributed by atoms with E-state index in [1.54, 1.807) is 4.90 Å². The van der Waals surface area contributed by atoms with Gasteiger partial charge in [-0.15, -0.1) is 0 Å². The van der Waals surface area contributed by atoms with E-state index in [0.29, 0.717) is 6.54 Å². The van der Waals surface area contributed by atoms with Crippen molar-refractivity contribution in [1.29, 1.82) is 0 Å². The summed E-state index contributed by atoms with van der Waals surface area (Å²) in [5, 5.41) is 0. The Morgan fingerprint density at radius 3 is 2.65 bits per heavy atom. The summed E-state index contributed by atoms with van der Waals surface area (Å²) in [6.45, 7) is 1.78. The quantitative estimate of drug-likeness (QED) is 0.825. The van der Waals surface area contributed by atoms with Crippen LogP contribution >= 0.6 is 0 Å². The number of carbonyl (C=O) groups excluding carboxylic acids is 1. The Labute approximate surface area is 151 Å². The van der Waals surface area contributed by atoms with E-state index < -0.39 is 5.92 Å². The monoisotopic (exact) mass is 362 g/mol. The number of amides is 1. The van der Waals surface area contributed by atoms with Crippen LogP contribution in [0.25, 0.3) is 11.0 Å². The van der Waals surface area contributed by atoms with Gasteiger partial charge < -0.3 is 14.4 Å². The number of piperidine rings is 2. The number of nitrogens with zero attached hydrogens (tertiary/aromatic N) is 4. The minimum atomic E-state index is -2.62.